The number of nitrogens with one attached hydrogen (secondary N) is 2. The molecule has 2 heterocycles. The number of benzene rings is 2. The summed E-state index contributed by atoms with van der Waals surface area (Å²) in [5, 5.41) is 6.42. The van der Waals surface area contributed by atoms with Gasteiger partial charge >= 0.3 is 0 Å². The van der Waals surface area contributed by atoms with Crippen LogP contribution in [0.3, 0.4) is 0 Å². The van der Waals surface area contributed by atoms with E-state index in [1.54, 1.807) is 6.20 Å². The molecule has 4 rings (SSSR count). The number of rotatable bonds is 4. The van der Waals surface area contributed by atoms with E-state index in [1.807, 2.05) is 55.5 Å². The monoisotopic (exact) mass is 358 g/mol. The summed E-state index contributed by atoms with van der Waals surface area (Å²) in [5.41, 5.74) is 4.41. The summed E-state index contributed by atoms with van der Waals surface area (Å²) in [6.07, 6.45) is 2.81. The molecule has 1 amide bonds. The molecule has 1 saturated heterocycles. The van der Waals surface area contributed by atoms with Crippen LogP contribution in [0.2, 0.25) is 0 Å². The van der Waals surface area contributed by atoms with Crippen LogP contribution in [-0.2, 0) is 0 Å². The highest BCUT2D eigenvalue weighted by molar-refractivity contribution is 6.05. The van der Waals surface area contributed by atoms with Crippen molar-refractivity contribution in [1.29, 1.82) is 0 Å². The third kappa shape index (κ3) is 3.88. The van der Waals surface area contributed by atoms with Gasteiger partial charge in [-0.2, -0.15) is 0 Å². The molecule has 2 aromatic carbocycles. The Bertz CT molecular complexity index is 964. The summed E-state index contributed by atoms with van der Waals surface area (Å²) in [6.45, 7) is 3.79. The lowest BCUT2D eigenvalue weighted by atomic mass is 9.93. The Labute approximate surface area is 158 Å². The standard InChI is InChI=1S/C22H22N4O/c1-15-24-12-10-21(25-15)16-5-4-6-18(13-16)26-22(27)20-8-3-2-7-19(20)17-9-11-23-14-17/h2-8,10,12-13,17,23H,9,11,14H2,1H3,(H,26,27). The Morgan fingerprint density at radius 3 is 2.85 bits per heavy atom. The molecule has 1 aliphatic heterocycles. The molecule has 0 bridgehead atoms. The SMILES string of the molecule is Cc1nccc(-c2cccc(NC(=O)c3ccccc3C3CCNC3)c2)n1. The van der Waals surface area contributed by atoms with E-state index in [2.05, 4.69) is 26.7 Å². The average molecular weight is 358 g/mol. The van der Waals surface area contributed by atoms with Crippen molar-refractivity contribution in [2.24, 2.45) is 0 Å². The van der Waals surface area contributed by atoms with Gasteiger partial charge in [0.1, 0.15) is 5.82 Å². The quantitative estimate of drug-likeness (QED) is 0.745. The molecule has 0 saturated carbocycles. The molecule has 0 spiro atoms. The van der Waals surface area contributed by atoms with E-state index in [-0.39, 0.29) is 5.91 Å². The van der Waals surface area contributed by atoms with Crippen LogP contribution in [0.4, 0.5) is 5.69 Å². The summed E-state index contributed by atoms with van der Waals surface area (Å²) in [6, 6.07) is 17.5. The molecule has 0 aliphatic carbocycles. The van der Waals surface area contributed by atoms with Crippen molar-refractivity contribution < 1.29 is 4.79 Å². The van der Waals surface area contributed by atoms with Crippen molar-refractivity contribution in [3.05, 3.63) is 77.7 Å². The summed E-state index contributed by atoms with van der Waals surface area (Å²) < 4.78 is 0. The maximum absolute atomic E-state index is 12.9. The third-order valence-electron chi connectivity index (χ3n) is 4.90. The summed E-state index contributed by atoms with van der Waals surface area (Å²) in [7, 11) is 0. The predicted octanol–water partition coefficient (Wildman–Crippen LogP) is 3.78. The first kappa shape index (κ1) is 17.4. The number of hydrogen-bond acceptors (Lipinski definition) is 4. The number of aromatic nitrogens is 2. The van der Waals surface area contributed by atoms with Gasteiger partial charge in [0, 0.05) is 29.6 Å². The minimum absolute atomic E-state index is 0.0754. The lowest BCUT2D eigenvalue weighted by Crippen LogP contribution is -2.17. The van der Waals surface area contributed by atoms with E-state index < -0.39 is 0 Å². The molecule has 5 heteroatoms. The summed E-state index contributed by atoms with van der Waals surface area (Å²) in [5.74, 6) is 1.04. The van der Waals surface area contributed by atoms with E-state index >= 15 is 0 Å². The number of hydrogen-bond donors (Lipinski definition) is 2. The summed E-state index contributed by atoms with van der Waals surface area (Å²) >= 11 is 0. The van der Waals surface area contributed by atoms with Gasteiger partial charge in [-0.25, -0.2) is 9.97 Å². The van der Waals surface area contributed by atoms with Crippen molar-refractivity contribution >= 4 is 11.6 Å². The van der Waals surface area contributed by atoms with E-state index in [4.69, 9.17) is 0 Å². The Morgan fingerprint density at radius 1 is 1.15 bits per heavy atom. The first-order chi connectivity index (χ1) is 13.2. The number of anilines is 1. The molecule has 1 atom stereocenters. The molecule has 27 heavy (non-hydrogen) atoms. The molecule has 136 valence electrons. The molecule has 3 aromatic rings. The number of aryl methyl sites for hydroxylation is 1. The maximum Gasteiger partial charge on any atom is 0.255 e. The highest BCUT2D eigenvalue weighted by Crippen LogP contribution is 2.27. The van der Waals surface area contributed by atoms with Crippen LogP contribution in [0.25, 0.3) is 11.3 Å². The lowest BCUT2D eigenvalue weighted by Gasteiger charge is -2.15. The fraction of sp³-hybridized carbons (Fsp3) is 0.227. The second-order valence-electron chi connectivity index (χ2n) is 6.80. The zero-order chi connectivity index (χ0) is 18.6. The molecule has 1 fully saturated rings. The van der Waals surface area contributed by atoms with Crippen LogP contribution in [0.15, 0.2) is 60.8 Å². The summed E-state index contributed by atoms with van der Waals surface area (Å²) in [4.78, 5) is 21.5. The Balaban J connectivity index is 1.58. The van der Waals surface area contributed by atoms with E-state index in [0.29, 0.717) is 5.92 Å². The number of amides is 1. The minimum Gasteiger partial charge on any atom is -0.322 e. The molecule has 5 nitrogen and oxygen atoms in total. The van der Waals surface area contributed by atoms with Crippen LogP contribution in [0.5, 0.6) is 0 Å². The molecule has 1 unspecified atom stereocenters. The van der Waals surface area contributed by atoms with Crippen molar-refractivity contribution in [1.82, 2.24) is 15.3 Å². The van der Waals surface area contributed by atoms with E-state index in [0.717, 1.165) is 53.4 Å². The van der Waals surface area contributed by atoms with Crippen LogP contribution >= 0.6 is 0 Å². The molecule has 1 aromatic heterocycles. The smallest absolute Gasteiger partial charge is 0.255 e. The fourth-order valence-corrected chi connectivity index (χ4v) is 3.55. The van der Waals surface area contributed by atoms with E-state index in [1.165, 1.54) is 0 Å². The molecular formula is C22H22N4O. The zero-order valence-corrected chi connectivity index (χ0v) is 15.3. The van der Waals surface area contributed by atoms with Gasteiger partial charge in [0.25, 0.3) is 5.91 Å². The van der Waals surface area contributed by atoms with Crippen LogP contribution in [0, 0.1) is 6.92 Å². The van der Waals surface area contributed by atoms with Gasteiger partial charge in [-0.05, 0) is 55.6 Å². The van der Waals surface area contributed by atoms with E-state index in [9.17, 15) is 4.79 Å². The highest BCUT2D eigenvalue weighted by atomic mass is 16.1. The average Bonchev–Trinajstić information content (AvgIpc) is 3.23. The van der Waals surface area contributed by atoms with Crippen LogP contribution < -0.4 is 10.6 Å². The second kappa shape index (κ2) is 7.68. The number of carbonyl (C=O) groups is 1. The van der Waals surface area contributed by atoms with Crippen molar-refractivity contribution in [3.63, 3.8) is 0 Å². The zero-order valence-electron chi connectivity index (χ0n) is 15.3. The third-order valence-corrected chi connectivity index (χ3v) is 4.90. The fourth-order valence-electron chi connectivity index (χ4n) is 3.55. The van der Waals surface area contributed by atoms with Gasteiger partial charge in [-0.1, -0.05) is 30.3 Å². The van der Waals surface area contributed by atoms with Crippen LogP contribution in [0.1, 0.15) is 34.1 Å². The number of carbonyl (C=O) groups excluding carboxylic acids is 1. The largest absolute Gasteiger partial charge is 0.322 e. The van der Waals surface area contributed by atoms with Crippen molar-refractivity contribution in [2.45, 2.75) is 19.3 Å². The molecule has 2 N–H and O–H groups in total. The van der Waals surface area contributed by atoms with Gasteiger partial charge in [-0.3, -0.25) is 4.79 Å². The maximum atomic E-state index is 12.9. The Morgan fingerprint density at radius 2 is 2.04 bits per heavy atom. The first-order valence-corrected chi connectivity index (χ1v) is 9.22. The molecular weight excluding hydrogens is 336 g/mol. The van der Waals surface area contributed by atoms with Gasteiger partial charge in [0.15, 0.2) is 0 Å². The molecule has 1 aliphatic rings. The van der Waals surface area contributed by atoms with Crippen molar-refractivity contribution in [2.75, 3.05) is 18.4 Å². The van der Waals surface area contributed by atoms with Crippen molar-refractivity contribution in [3.8, 4) is 11.3 Å². The Kier molecular flexibility index (Phi) is 4.94. The van der Waals surface area contributed by atoms with Crippen LogP contribution in [-0.4, -0.2) is 29.0 Å². The topological polar surface area (TPSA) is 66.9 Å². The highest BCUT2D eigenvalue weighted by Gasteiger charge is 2.22. The lowest BCUT2D eigenvalue weighted by molar-refractivity contribution is 0.102. The minimum atomic E-state index is -0.0754. The Hall–Kier alpha value is -3.05. The van der Waals surface area contributed by atoms with Gasteiger partial charge < -0.3 is 10.6 Å². The predicted molar refractivity (Wildman–Crippen MR) is 107 cm³/mol. The molecule has 0 radical (unpaired) electrons. The van der Waals surface area contributed by atoms with Gasteiger partial charge in [-0.15, -0.1) is 0 Å². The normalized spacial score (nSPS) is 16.3. The second-order valence-corrected chi connectivity index (χ2v) is 6.80. The van der Waals surface area contributed by atoms with Gasteiger partial charge in [0.2, 0.25) is 0 Å². The first-order valence-electron chi connectivity index (χ1n) is 9.22. The number of nitrogens with zero attached hydrogens (tertiary/aromatic N) is 2. The van der Waals surface area contributed by atoms with Gasteiger partial charge in [0.05, 0.1) is 5.69 Å².